The van der Waals surface area contributed by atoms with Crippen molar-refractivity contribution in [3.8, 4) is 33.3 Å². The first-order valence-electron chi connectivity index (χ1n) is 8.58. The van der Waals surface area contributed by atoms with Crippen molar-refractivity contribution in [2.45, 2.75) is 6.92 Å². The topological polar surface area (TPSA) is 119 Å². The van der Waals surface area contributed by atoms with Gasteiger partial charge in [0.25, 0.3) is 5.69 Å². The normalized spacial score (nSPS) is 10.9. The fraction of sp³-hybridized carbons (Fsp3) is 0.100. The zero-order valence-corrected chi connectivity index (χ0v) is 15.9. The van der Waals surface area contributed by atoms with Gasteiger partial charge in [-0.3, -0.25) is 10.1 Å². The SMILES string of the molecule is CCOc1ccc(-c2nc(-c3cc4cc([N+](=O)[O-])c([O-])cc4oc3=O)cs2)cc1. The van der Waals surface area contributed by atoms with E-state index in [0.29, 0.717) is 17.3 Å². The van der Waals surface area contributed by atoms with Crippen molar-refractivity contribution in [1.29, 1.82) is 0 Å². The molecule has 8 nitrogen and oxygen atoms in total. The number of hydrogen-bond acceptors (Lipinski definition) is 8. The Bertz CT molecular complexity index is 1280. The van der Waals surface area contributed by atoms with Crippen LogP contribution >= 0.6 is 11.3 Å². The Labute approximate surface area is 167 Å². The van der Waals surface area contributed by atoms with E-state index in [1.165, 1.54) is 17.4 Å². The maximum Gasteiger partial charge on any atom is 0.345 e. The number of thiazole rings is 1. The van der Waals surface area contributed by atoms with Crippen molar-refractivity contribution < 1.29 is 19.2 Å². The van der Waals surface area contributed by atoms with Crippen LogP contribution in [0.2, 0.25) is 0 Å². The highest BCUT2D eigenvalue weighted by Gasteiger charge is 2.15. The monoisotopic (exact) mass is 409 g/mol. The molecule has 0 spiro atoms. The molecule has 2 aromatic heterocycles. The Balaban J connectivity index is 1.75. The Morgan fingerprint density at radius 1 is 1.21 bits per heavy atom. The number of aromatic nitrogens is 1. The molecule has 0 aliphatic rings. The number of fused-ring (bicyclic) bond motifs is 1. The molecule has 2 aromatic carbocycles. The van der Waals surface area contributed by atoms with Crippen LogP contribution in [0.15, 0.2) is 57.1 Å². The quantitative estimate of drug-likeness (QED) is 0.278. The van der Waals surface area contributed by atoms with Crippen LogP contribution in [-0.4, -0.2) is 16.5 Å². The predicted octanol–water partition coefficient (Wildman–Crippen LogP) is 3.96. The highest BCUT2D eigenvalue weighted by atomic mass is 32.1. The summed E-state index contributed by atoms with van der Waals surface area (Å²) >= 11 is 1.35. The van der Waals surface area contributed by atoms with Gasteiger partial charge in [-0.15, -0.1) is 11.3 Å². The first-order chi connectivity index (χ1) is 14.0. The molecule has 0 saturated carbocycles. The Morgan fingerprint density at radius 3 is 2.66 bits per heavy atom. The molecule has 0 fully saturated rings. The van der Waals surface area contributed by atoms with Crippen molar-refractivity contribution in [2.75, 3.05) is 6.61 Å². The smallest absolute Gasteiger partial charge is 0.345 e. The predicted molar refractivity (Wildman–Crippen MR) is 106 cm³/mol. The van der Waals surface area contributed by atoms with Crippen molar-refractivity contribution in [2.24, 2.45) is 0 Å². The molecule has 0 N–H and O–H groups in total. The molecule has 0 aliphatic carbocycles. The van der Waals surface area contributed by atoms with Gasteiger partial charge in [0.2, 0.25) is 0 Å². The zero-order valence-electron chi connectivity index (χ0n) is 15.1. The molecule has 0 unspecified atom stereocenters. The van der Waals surface area contributed by atoms with Crippen LogP contribution in [-0.2, 0) is 0 Å². The van der Waals surface area contributed by atoms with Gasteiger partial charge in [0.05, 0.1) is 22.8 Å². The first kappa shape index (κ1) is 18.6. The number of rotatable bonds is 5. The van der Waals surface area contributed by atoms with Crippen molar-refractivity contribution in [3.63, 3.8) is 0 Å². The maximum atomic E-state index is 12.4. The minimum absolute atomic E-state index is 0.00341. The third kappa shape index (κ3) is 3.55. The third-order valence-corrected chi connectivity index (χ3v) is 5.09. The van der Waals surface area contributed by atoms with Crippen molar-refractivity contribution >= 4 is 28.0 Å². The summed E-state index contributed by atoms with van der Waals surface area (Å²) < 4.78 is 10.6. The maximum absolute atomic E-state index is 12.4. The molecule has 9 heteroatoms. The lowest BCUT2D eigenvalue weighted by atomic mass is 10.1. The first-order valence-corrected chi connectivity index (χ1v) is 9.46. The van der Waals surface area contributed by atoms with E-state index in [9.17, 15) is 20.0 Å². The average Bonchev–Trinajstić information content (AvgIpc) is 3.17. The Morgan fingerprint density at radius 2 is 1.97 bits per heavy atom. The van der Waals surface area contributed by atoms with E-state index in [2.05, 4.69) is 4.98 Å². The molecule has 0 saturated heterocycles. The summed E-state index contributed by atoms with van der Waals surface area (Å²) in [6.45, 7) is 2.48. The molecule has 4 aromatic rings. The van der Waals surface area contributed by atoms with Gasteiger partial charge in [0.15, 0.2) is 0 Å². The molecule has 0 amide bonds. The van der Waals surface area contributed by atoms with Crippen LogP contribution in [0.25, 0.3) is 32.8 Å². The Hall–Kier alpha value is -3.72. The van der Waals surface area contributed by atoms with Crippen LogP contribution in [0.5, 0.6) is 11.5 Å². The summed E-state index contributed by atoms with van der Waals surface area (Å²) in [6.07, 6.45) is 0. The number of ether oxygens (including phenoxy) is 1. The summed E-state index contributed by atoms with van der Waals surface area (Å²) in [5.74, 6) is -0.0626. The van der Waals surface area contributed by atoms with Crippen molar-refractivity contribution in [1.82, 2.24) is 4.98 Å². The number of benzene rings is 2. The summed E-state index contributed by atoms with van der Waals surface area (Å²) in [5, 5.41) is 25.4. The van der Waals surface area contributed by atoms with E-state index in [4.69, 9.17) is 9.15 Å². The second kappa shape index (κ2) is 7.36. The second-order valence-electron chi connectivity index (χ2n) is 6.06. The molecule has 2 heterocycles. The minimum Gasteiger partial charge on any atom is -0.868 e. The van der Waals surface area contributed by atoms with Crippen LogP contribution in [0.1, 0.15) is 6.92 Å². The highest BCUT2D eigenvalue weighted by molar-refractivity contribution is 7.13. The molecule has 0 aliphatic heterocycles. The van der Waals surface area contributed by atoms with Gasteiger partial charge in [0.1, 0.15) is 16.3 Å². The van der Waals surface area contributed by atoms with Crippen LogP contribution in [0.4, 0.5) is 5.69 Å². The van der Waals surface area contributed by atoms with Crippen LogP contribution in [0.3, 0.4) is 0 Å². The van der Waals surface area contributed by atoms with E-state index >= 15 is 0 Å². The Kier molecular flexibility index (Phi) is 4.73. The standard InChI is InChI=1S/C20H14N2O6S/c1-2-27-13-5-3-11(4-6-13)19-21-15(10-29-19)14-7-12-8-16(22(25)26)17(23)9-18(12)28-20(14)24/h3-10,23H,2H2,1H3/p-1. The number of nitrogens with zero attached hydrogens (tertiary/aromatic N) is 2. The van der Waals surface area contributed by atoms with E-state index in [1.807, 2.05) is 31.2 Å². The molecular weight excluding hydrogens is 396 g/mol. The summed E-state index contributed by atoms with van der Waals surface area (Å²) in [6, 6.07) is 10.9. The molecular formula is C20H13N2O6S-. The average molecular weight is 409 g/mol. The van der Waals surface area contributed by atoms with E-state index in [-0.39, 0.29) is 16.5 Å². The lowest BCUT2D eigenvalue weighted by Gasteiger charge is -2.07. The lowest BCUT2D eigenvalue weighted by molar-refractivity contribution is -0.398. The fourth-order valence-corrected chi connectivity index (χ4v) is 3.67. The molecule has 0 atom stereocenters. The van der Waals surface area contributed by atoms with Gasteiger partial charge in [-0.25, -0.2) is 9.78 Å². The van der Waals surface area contributed by atoms with Crippen molar-refractivity contribution in [3.05, 3.63) is 68.4 Å². The molecule has 29 heavy (non-hydrogen) atoms. The van der Waals surface area contributed by atoms with E-state index in [0.717, 1.165) is 23.4 Å². The van der Waals surface area contributed by atoms with Gasteiger partial charge in [-0.1, -0.05) is 0 Å². The summed E-state index contributed by atoms with van der Waals surface area (Å²) in [7, 11) is 0. The molecule has 0 radical (unpaired) electrons. The number of nitro benzene ring substituents is 1. The highest BCUT2D eigenvalue weighted by Crippen LogP contribution is 2.32. The zero-order chi connectivity index (χ0) is 20.5. The third-order valence-electron chi connectivity index (χ3n) is 4.20. The minimum atomic E-state index is -0.815. The molecule has 4 rings (SSSR count). The van der Waals surface area contributed by atoms with Gasteiger partial charge in [-0.05, 0) is 49.1 Å². The van der Waals surface area contributed by atoms with Crippen LogP contribution in [0, 0.1) is 10.1 Å². The van der Waals surface area contributed by atoms with Gasteiger partial charge in [-0.2, -0.15) is 0 Å². The number of nitro groups is 1. The lowest BCUT2D eigenvalue weighted by Crippen LogP contribution is -2.04. The second-order valence-corrected chi connectivity index (χ2v) is 6.92. The molecule has 146 valence electrons. The summed E-state index contributed by atoms with van der Waals surface area (Å²) in [4.78, 5) is 27.1. The summed E-state index contributed by atoms with van der Waals surface area (Å²) in [5.41, 5.74) is 0.167. The van der Waals surface area contributed by atoms with E-state index in [1.54, 1.807) is 5.38 Å². The molecule has 0 bridgehead atoms. The fourth-order valence-electron chi connectivity index (χ4n) is 2.85. The van der Waals surface area contributed by atoms with Gasteiger partial charge in [0, 0.05) is 22.4 Å². The number of hydrogen-bond donors (Lipinski definition) is 0. The van der Waals surface area contributed by atoms with Gasteiger partial charge < -0.3 is 14.3 Å². The van der Waals surface area contributed by atoms with Gasteiger partial charge >= 0.3 is 5.63 Å². The van der Waals surface area contributed by atoms with Crippen LogP contribution < -0.4 is 15.5 Å². The largest absolute Gasteiger partial charge is 0.868 e. The van der Waals surface area contributed by atoms with E-state index < -0.39 is 22.0 Å².